The fraction of sp³-hybridized carbons (Fsp3) is 0.909. The quantitative estimate of drug-likeness (QED) is 0.663. The summed E-state index contributed by atoms with van der Waals surface area (Å²) in [6.07, 6.45) is -1.14. The van der Waals surface area contributed by atoms with Crippen molar-refractivity contribution in [2.75, 3.05) is 26.3 Å². The Balaban J connectivity index is 0.000000246. The molecule has 0 aliphatic carbocycles. The number of hydrogen-bond acceptors (Lipinski definition) is 5. The van der Waals surface area contributed by atoms with Crippen molar-refractivity contribution in [3.63, 3.8) is 0 Å². The molecule has 118 valence electrons. The molecule has 2 fully saturated rings. The summed E-state index contributed by atoms with van der Waals surface area (Å²) < 4.78 is 37.3. The minimum Gasteiger partial charge on any atom is -0.475 e. The minimum atomic E-state index is -5.08. The third-order valence-electron chi connectivity index (χ3n) is 2.82. The molecular formula is C11H19F3N2O4. The highest BCUT2D eigenvalue weighted by atomic mass is 19.4. The van der Waals surface area contributed by atoms with Crippen molar-refractivity contribution in [1.29, 1.82) is 0 Å². The molecule has 6 nitrogen and oxygen atoms in total. The highest BCUT2D eigenvalue weighted by Crippen LogP contribution is 2.13. The van der Waals surface area contributed by atoms with E-state index in [9.17, 15) is 13.2 Å². The summed E-state index contributed by atoms with van der Waals surface area (Å²) >= 11 is 0. The summed E-state index contributed by atoms with van der Waals surface area (Å²) in [6, 6.07) is 0.503. The minimum absolute atomic E-state index is 0.314. The second kappa shape index (κ2) is 8.40. The molecule has 0 bridgehead atoms. The molecule has 0 aromatic carbocycles. The first-order valence-corrected chi connectivity index (χ1v) is 6.39. The molecule has 0 aromatic heterocycles. The van der Waals surface area contributed by atoms with Gasteiger partial charge >= 0.3 is 12.1 Å². The number of hydrogen-bond donors (Lipinski definition) is 3. The largest absolute Gasteiger partial charge is 0.490 e. The first-order valence-electron chi connectivity index (χ1n) is 6.39. The van der Waals surface area contributed by atoms with Gasteiger partial charge in [0.25, 0.3) is 0 Å². The molecule has 0 radical (unpaired) electrons. The van der Waals surface area contributed by atoms with Crippen molar-refractivity contribution in [3.8, 4) is 0 Å². The van der Waals surface area contributed by atoms with Crippen LogP contribution in [0.4, 0.5) is 13.2 Å². The van der Waals surface area contributed by atoms with Gasteiger partial charge in [-0.05, 0) is 19.3 Å². The molecule has 20 heavy (non-hydrogen) atoms. The number of hydroxylamine groups is 1. The lowest BCUT2D eigenvalue weighted by Gasteiger charge is -2.29. The second-order valence-electron chi connectivity index (χ2n) is 4.58. The molecule has 2 aliphatic heterocycles. The van der Waals surface area contributed by atoms with Crippen molar-refractivity contribution < 1.29 is 32.6 Å². The molecule has 2 heterocycles. The van der Waals surface area contributed by atoms with Crippen LogP contribution in [0.3, 0.4) is 0 Å². The topological polar surface area (TPSA) is 79.8 Å². The summed E-state index contributed by atoms with van der Waals surface area (Å²) in [6.45, 7) is 3.63. The van der Waals surface area contributed by atoms with Gasteiger partial charge in [0.05, 0.1) is 18.8 Å². The lowest BCUT2D eigenvalue weighted by Crippen LogP contribution is -2.55. The molecular weight excluding hydrogens is 281 g/mol. The Morgan fingerprint density at radius 2 is 2.05 bits per heavy atom. The Morgan fingerprint density at radius 1 is 1.40 bits per heavy atom. The van der Waals surface area contributed by atoms with E-state index in [0.29, 0.717) is 18.8 Å². The number of halogens is 3. The number of carbonyl (C=O) groups is 1. The van der Waals surface area contributed by atoms with Gasteiger partial charge in [-0.25, -0.2) is 4.79 Å². The van der Waals surface area contributed by atoms with E-state index < -0.39 is 12.1 Å². The molecule has 1 atom stereocenters. The van der Waals surface area contributed by atoms with E-state index in [1.807, 2.05) is 0 Å². The van der Waals surface area contributed by atoms with Crippen LogP contribution in [0, 0.1) is 0 Å². The standard InChI is InChI=1S/C9H18N2O2.C2HF3O2/c1-2-4-12-9(3-1)7-13-11-8-5-10-6-8;3-2(4,5)1(6)7/h8-11H,1-7H2;(H,6,7). The van der Waals surface area contributed by atoms with E-state index in [4.69, 9.17) is 19.5 Å². The van der Waals surface area contributed by atoms with E-state index in [0.717, 1.165) is 26.1 Å². The third-order valence-corrected chi connectivity index (χ3v) is 2.82. The Kier molecular flexibility index (Phi) is 7.20. The zero-order valence-electron chi connectivity index (χ0n) is 10.9. The summed E-state index contributed by atoms with van der Waals surface area (Å²) in [7, 11) is 0. The van der Waals surface area contributed by atoms with E-state index in [2.05, 4.69) is 10.8 Å². The van der Waals surface area contributed by atoms with Crippen LogP contribution < -0.4 is 10.8 Å². The number of alkyl halides is 3. The Bertz CT molecular complexity index is 292. The van der Waals surface area contributed by atoms with Gasteiger partial charge in [-0.3, -0.25) is 4.84 Å². The smallest absolute Gasteiger partial charge is 0.475 e. The SMILES string of the molecule is C1CCC(CONC2CNC2)OC1.O=C(O)C(F)(F)F. The third kappa shape index (κ3) is 7.04. The number of carboxylic acids is 1. The molecule has 2 rings (SSSR count). The van der Waals surface area contributed by atoms with Crippen molar-refractivity contribution >= 4 is 5.97 Å². The van der Waals surface area contributed by atoms with Crippen LogP contribution in [0.15, 0.2) is 0 Å². The van der Waals surface area contributed by atoms with Crippen molar-refractivity contribution in [2.24, 2.45) is 0 Å². The van der Waals surface area contributed by atoms with Crippen LogP contribution in [-0.4, -0.2) is 55.7 Å². The predicted octanol–water partition coefficient (Wildman–Crippen LogP) is 0.682. The van der Waals surface area contributed by atoms with Crippen LogP contribution in [0.2, 0.25) is 0 Å². The molecule has 1 unspecified atom stereocenters. The molecule has 3 N–H and O–H groups in total. The maximum absolute atomic E-state index is 10.6. The molecule has 0 spiro atoms. The maximum atomic E-state index is 10.6. The van der Waals surface area contributed by atoms with Crippen LogP contribution in [0.25, 0.3) is 0 Å². The van der Waals surface area contributed by atoms with E-state index in [1.54, 1.807) is 0 Å². The van der Waals surface area contributed by atoms with Crippen molar-refractivity contribution in [1.82, 2.24) is 10.8 Å². The molecule has 0 aromatic rings. The lowest BCUT2D eigenvalue weighted by molar-refractivity contribution is -0.192. The van der Waals surface area contributed by atoms with E-state index in [1.165, 1.54) is 12.8 Å². The zero-order valence-corrected chi connectivity index (χ0v) is 10.9. The van der Waals surface area contributed by atoms with Crippen molar-refractivity contribution in [3.05, 3.63) is 0 Å². The molecule has 2 saturated heterocycles. The van der Waals surface area contributed by atoms with Gasteiger partial charge in [0.1, 0.15) is 0 Å². The van der Waals surface area contributed by atoms with Gasteiger partial charge < -0.3 is 15.2 Å². The number of carboxylic acid groups (broad SMARTS) is 1. The number of nitrogens with one attached hydrogen (secondary N) is 2. The van der Waals surface area contributed by atoms with Gasteiger partial charge in [0.2, 0.25) is 0 Å². The lowest BCUT2D eigenvalue weighted by atomic mass is 10.1. The van der Waals surface area contributed by atoms with Crippen molar-refractivity contribution in [2.45, 2.75) is 37.6 Å². The van der Waals surface area contributed by atoms with Gasteiger partial charge in [0, 0.05) is 19.7 Å². The average Bonchev–Trinajstić information content (AvgIpc) is 2.33. The fourth-order valence-electron chi connectivity index (χ4n) is 1.57. The molecule has 0 saturated carbocycles. The van der Waals surface area contributed by atoms with E-state index >= 15 is 0 Å². The molecule has 2 aliphatic rings. The summed E-state index contributed by atoms with van der Waals surface area (Å²) in [5.41, 5.74) is 3.02. The van der Waals surface area contributed by atoms with Gasteiger partial charge in [-0.15, -0.1) is 0 Å². The Labute approximate surface area is 114 Å². The molecule has 0 amide bonds. The van der Waals surface area contributed by atoms with Gasteiger partial charge in [-0.1, -0.05) is 0 Å². The average molecular weight is 300 g/mol. The normalized spacial score (nSPS) is 23.4. The monoisotopic (exact) mass is 300 g/mol. The van der Waals surface area contributed by atoms with Crippen LogP contribution in [0.1, 0.15) is 19.3 Å². The first-order chi connectivity index (χ1) is 9.39. The molecule has 9 heteroatoms. The van der Waals surface area contributed by atoms with Crippen LogP contribution in [0.5, 0.6) is 0 Å². The van der Waals surface area contributed by atoms with E-state index in [-0.39, 0.29) is 0 Å². The number of rotatable bonds is 4. The number of aliphatic carboxylic acids is 1. The number of ether oxygens (including phenoxy) is 1. The highest BCUT2D eigenvalue weighted by molar-refractivity contribution is 5.73. The van der Waals surface area contributed by atoms with Gasteiger partial charge in [-0.2, -0.15) is 18.7 Å². The Morgan fingerprint density at radius 3 is 2.45 bits per heavy atom. The highest BCUT2D eigenvalue weighted by Gasteiger charge is 2.38. The predicted molar refractivity (Wildman–Crippen MR) is 63.0 cm³/mol. The summed E-state index contributed by atoms with van der Waals surface area (Å²) in [5.74, 6) is -2.76. The maximum Gasteiger partial charge on any atom is 0.490 e. The fourth-order valence-corrected chi connectivity index (χ4v) is 1.57. The van der Waals surface area contributed by atoms with Crippen LogP contribution in [-0.2, 0) is 14.4 Å². The second-order valence-corrected chi connectivity index (χ2v) is 4.58. The zero-order chi connectivity index (χ0) is 15.0. The van der Waals surface area contributed by atoms with Crippen LogP contribution >= 0.6 is 0 Å². The first kappa shape index (κ1) is 17.2. The summed E-state index contributed by atoms with van der Waals surface area (Å²) in [5, 5.41) is 10.3. The summed E-state index contributed by atoms with van der Waals surface area (Å²) in [4.78, 5) is 14.3. The van der Waals surface area contributed by atoms with Gasteiger partial charge in [0.15, 0.2) is 0 Å². The Hall–Kier alpha value is -0.900.